The van der Waals surface area contributed by atoms with Crippen molar-refractivity contribution >= 4 is 15.9 Å². The summed E-state index contributed by atoms with van der Waals surface area (Å²) in [6, 6.07) is 3.97. The van der Waals surface area contributed by atoms with Gasteiger partial charge in [0.05, 0.1) is 5.69 Å². The van der Waals surface area contributed by atoms with Crippen LogP contribution in [-0.4, -0.2) is 11.1 Å². The topological polar surface area (TPSA) is 22.1 Å². The molecule has 0 N–H and O–H groups in total. The Morgan fingerprint density at radius 3 is 2.82 bits per heavy atom. The number of hydrogen-bond donors (Lipinski definition) is 0. The van der Waals surface area contributed by atoms with E-state index < -0.39 is 0 Å². The summed E-state index contributed by atoms with van der Waals surface area (Å²) < 4.78 is 7.10. The van der Waals surface area contributed by atoms with Crippen molar-refractivity contribution in [3.63, 3.8) is 0 Å². The van der Waals surface area contributed by atoms with E-state index >= 15 is 0 Å². The zero-order chi connectivity index (χ0) is 12.3. The van der Waals surface area contributed by atoms with E-state index in [1.54, 1.807) is 0 Å². The van der Waals surface area contributed by atoms with Crippen LogP contribution in [0.3, 0.4) is 0 Å². The summed E-state index contributed by atoms with van der Waals surface area (Å²) in [5, 5.41) is 0. The number of rotatable bonds is 3. The van der Waals surface area contributed by atoms with Gasteiger partial charge in [0.25, 0.3) is 0 Å². The average Bonchev–Trinajstić information content (AvgIpc) is 2.34. The first kappa shape index (κ1) is 12.9. The van der Waals surface area contributed by atoms with E-state index in [0.29, 0.717) is 12.0 Å². The highest BCUT2D eigenvalue weighted by molar-refractivity contribution is 9.10. The molecule has 0 saturated heterocycles. The molecule has 1 aliphatic carbocycles. The van der Waals surface area contributed by atoms with Crippen LogP contribution in [0.1, 0.15) is 44.7 Å². The van der Waals surface area contributed by atoms with Crippen molar-refractivity contribution in [2.45, 2.75) is 52.1 Å². The molecule has 1 aliphatic rings. The number of ether oxygens (including phenoxy) is 1. The number of nitrogens with zero attached hydrogens (tertiary/aromatic N) is 1. The second kappa shape index (κ2) is 5.85. The van der Waals surface area contributed by atoms with Crippen molar-refractivity contribution in [2.75, 3.05) is 0 Å². The SMILES string of the molecule is CCC1CCCCC1Oc1ccc(Br)c(C)n1. The van der Waals surface area contributed by atoms with Crippen LogP contribution in [0.15, 0.2) is 16.6 Å². The minimum Gasteiger partial charge on any atom is -0.474 e. The van der Waals surface area contributed by atoms with Gasteiger partial charge < -0.3 is 4.74 Å². The standard InChI is InChI=1S/C14H20BrNO/c1-3-11-6-4-5-7-13(11)17-14-9-8-12(15)10(2)16-14/h8-9,11,13H,3-7H2,1-2H3. The summed E-state index contributed by atoms with van der Waals surface area (Å²) in [4.78, 5) is 4.47. The summed E-state index contributed by atoms with van der Waals surface area (Å²) in [6.07, 6.45) is 6.69. The molecule has 0 amide bonds. The number of pyridine rings is 1. The summed E-state index contributed by atoms with van der Waals surface area (Å²) in [5.74, 6) is 1.48. The largest absolute Gasteiger partial charge is 0.474 e. The molecule has 0 aliphatic heterocycles. The first-order valence-electron chi connectivity index (χ1n) is 6.50. The lowest BCUT2D eigenvalue weighted by Gasteiger charge is -2.30. The first-order valence-corrected chi connectivity index (χ1v) is 7.29. The zero-order valence-electron chi connectivity index (χ0n) is 10.6. The third-order valence-electron chi connectivity index (χ3n) is 3.63. The molecule has 2 atom stereocenters. The Hall–Kier alpha value is -0.570. The molecule has 94 valence electrons. The lowest BCUT2D eigenvalue weighted by Crippen LogP contribution is -2.30. The second-order valence-corrected chi connectivity index (χ2v) is 5.68. The molecule has 1 aromatic rings. The highest BCUT2D eigenvalue weighted by Gasteiger charge is 2.25. The van der Waals surface area contributed by atoms with Gasteiger partial charge >= 0.3 is 0 Å². The van der Waals surface area contributed by atoms with E-state index in [-0.39, 0.29) is 0 Å². The predicted octanol–water partition coefficient (Wildman–Crippen LogP) is 4.50. The Balaban J connectivity index is 2.05. The maximum absolute atomic E-state index is 6.06. The van der Waals surface area contributed by atoms with Gasteiger partial charge in [-0.2, -0.15) is 0 Å². The van der Waals surface area contributed by atoms with E-state index in [1.807, 2.05) is 19.1 Å². The predicted molar refractivity (Wildman–Crippen MR) is 73.3 cm³/mol. The normalized spacial score (nSPS) is 24.6. The Morgan fingerprint density at radius 2 is 2.12 bits per heavy atom. The van der Waals surface area contributed by atoms with Gasteiger partial charge in [-0.05, 0) is 60.5 Å². The van der Waals surface area contributed by atoms with Crippen molar-refractivity contribution in [3.05, 3.63) is 22.3 Å². The van der Waals surface area contributed by atoms with Gasteiger partial charge in [0.2, 0.25) is 5.88 Å². The van der Waals surface area contributed by atoms with E-state index in [1.165, 1.54) is 32.1 Å². The maximum Gasteiger partial charge on any atom is 0.213 e. The highest BCUT2D eigenvalue weighted by atomic mass is 79.9. The lowest BCUT2D eigenvalue weighted by molar-refractivity contribution is 0.0857. The molecule has 1 saturated carbocycles. The summed E-state index contributed by atoms with van der Waals surface area (Å²) >= 11 is 3.46. The van der Waals surface area contributed by atoms with E-state index in [4.69, 9.17) is 4.74 Å². The van der Waals surface area contributed by atoms with Crippen LogP contribution >= 0.6 is 15.9 Å². The highest BCUT2D eigenvalue weighted by Crippen LogP contribution is 2.30. The molecule has 2 nitrogen and oxygen atoms in total. The lowest BCUT2D eigenvalue weighted by atomic mass is 9.85. The smallest absolute Gasteiger partial charge is 0.213 e. The van der Waals surface area contributed by atoms with Gasteiger partial charge in [-0.3, -0.25) is 0 Å². The van der Waals surface area contributed by atoms with Crippen LogP contribution in [0.2, 0.25) is 0 Å². The maximum atomic E-state index is 6.06. The van der Waals surface area contributed by atoms with Crippen molar-refractivity contribution in [2.24, 2.45) is 5.92 Å². The number of hydrogen-bond acceptors (Lipinski definition) is 2. The van der Waals surface area contributed by atoms with Crippen LogP contribution in [0, 0.1) is 12.8 Å². The van der Waals surface area contributed by atoms with Gasteiger partial charge in [0.1, 0.15) is 6.10 Å². The first-order chi connectivity index (χ1) is 8.20. The van der Waals surface area contributed by atoms with E-state index in [0.717, 1.165) is 16.0 Å². The molecule has 1 aromatic heterocycles. The Morgan fingerprint density at radius 1 is 1.35 bits per heavy atom. The molecular weight excluding hydrogens is 278 g/mol. The molecular formula is C14H20BrNO. The van der Waals surface area contributed by atoms with Crippen molar-refractivity contribution < 1.29 is 4.74 Å². The quantitative estimate of drug-likeness (QED) is 0.819. The minimum absolute atomic E-state index is 0.363. The Kier molecular flexibility index (Phi) is 4.43. The number of aryl methyl sites for hydroxylation is 1. The van der Waals surface area contributed by atoms with Crippen molar-refractivity contribution in [1.82, 2.24) is 4.98 Å². The van der Waals surface area contributed by atoms with Gasteiger partial charge in [0.15, 0.2) is 0 Å². The number of aromatic nitrogens is 1. The summed E-state index contributed by atoms with van der Waals surface area (Å²) in [7, 11) is 0. The van der Waals surface area contributed by atoms with Crippen molar-refractivity contribution in [1.29, 1.82) is 0 Å². The third kappa shape index (κ3) is 3.21. The van der Waals surface area contributed by atoms with Crippen LogP contribution in [0.4, 0.5) is 0 Å². The third-order valence-corrected chi connectivity index (χ3v) is 4.47. The monoisotopic (exact) mass is 297 g/mol. The fraction of sp³-hybridized carbons (Fsp3) is 0.643. The van der Waals surface area contributed by atoms with Gasteiger partial charge in [0, 0.05) is 10.5 Å². The van der Waals surface area contributed by atoms with Crippen LogP contribution in [-0.2, 0) is 0 Å². The Bertz CT molecular complexity index is 380. The molecule has 0 radical (unpaired) electrons. The van der Waals surface area contributed by atoms with Crippen LogP contribution in [0.5, 0.6) is 5.88 Å². The second-order valence-electron chi connectivity index (χ2n) is 4.83. The molecule has 17 heavy (non-hydrogen) atoms. The van der Waals surface area contributed by atoms with Gasteiger partial charge in [-0.25, -0.2) is 4.98 Å². The summed E-state index contributed by atoms with van der Waals surface area (Å²) in [6.45, 7) is 4.25. The van der Waals surface area contributed by atoms with Crippen LogP contribution in [0.25, 0.3) is 0 Å². The minimum atomic E-state index is 0.363. The van der Waals surface area contributed by atoms with E-state index in [2.05, 4.69) is 27.8 Å². The molecule has 2 rings (SSSR count). The van der Waals surface area contributed by atoms with Crippen LogP contribution < -0.4 is 4.74 Å². The fourth-order valence-corrected chi connectivity index (χ4v) is 2.76. The molecule has 0 spiro atoms. The fourth-order valence-electron chi connectivity index (χ4n) is 2.54. The van der Waals surface area contributed by atoms with Crippen molar-refractivity contribution in [3.8, 4) is 5.88 Å². The molecule has 2 unspecified atom stereocenters. The van der Waals surface area contributed by atoms with Gasteiger partial charge in [-0.15, -0.1) is 0 Å². The van der Waals surface area contributed by atoms with Gasteiger partial charge in [-0.1, -0.05) is 13.3 Å². The molecule has 0 aromatic carbocycles. The molecule has 1 fully saturated rings. The molecule has 1 heterocycles. The Labute approximate surface area is 112 Å². The molecule has 3 heteroatoms. The number of halogens is 1. The average molecular weight is 298 g/mol. The summed E-state index contributed by atoms with van der Waals surface area (Å²) in [5.41, 5.74) is 0.992. The zero-order valence-corrected chi connectivity index (χ0v) is 12.2. The molecule has 0 bridgehead atoms. The van der Waals surface area contributed by atoms with E-state index in [9.17, 15) is 0 Å².